The third-order valence-electron chi connectivity index (χ3n) is 3.06. The smallest absolute Gasteiger partial charge is 0.226 e. The molecule has 0 aliphatic rings. The molecule has 4 nitrogen and oxygen atoms in total. The summed E-state index contributed by atoms with van der Waals surface area (Å²) < 4.78 is 18.1. The van der Waals surface area contributed by atoms with Crippen LogP contribution in [-0.4, -0.2) is 37.0 Å². The topological polar surface area (TPSA) is 55.6 Å². The summed E-state index contributed by atoms with van der Waals surface area (Å²) in [6.07, 6.45) is 0. The fourth-order valence-electron chi connectivity index (χ4n) is 1.51. The van der Waals surface area contributed by atoms with Gasteiger partial charge in [-0.05, 0) is 31.2 Å². The highest BCUT2D eigenvalue weighted by Gasteiger charge is 2.20. The molecule has 0 saturated heterocycles. The van der Waals surface area contributed by atoms with Crippen molar-refractivity contribution in [2.45, 2.75) is 19.9 Å². The van der Waals surface area contributed by atoms with Crippen molar-refractivity contribution in [1.29, 1.82) is 0 Å². The maximum atomic E-state index is 12.7. The van der Waals surface area contributed by atoms with E-state index >= 15 is 0 Å². The van der Waals surface area contributed by atoms with Crippen LogP contribution in [0.15, 0.2) is 24.3 Å². The van der Waals surface area contributed by atoms with Crippen LogP contribution in [0.25, 0.3) is 0 Å². The second kappa shape index (κ2) is 7.09. The van der Waals surface area contributed by atoms with Crippen LogP contribution in [0.1, 0.15) is 13.8 Å². The minimum atomic E-state index is -0.301. The number of benzene rings is 1. The van der Waals surface area contributed by atoms with Crippen molar-refractivity contribution >= 4 is 5.91 Å². The van der Waals surface area contributed by atoms with Crippen molar-refractivity contribution in [3.05, 3.63) is 30.1 Å². The Bertz CT molecular complexity index is 406. The molecule has 106 valence electrons. The highest BCUT2D eigenvalue weighted by Crippen LogP contribution is 2.11. The second-order valence-corrected chi connectivity index (χ2v) is 4.71. The Morgan fingerprint density at radius 3 is 2.47 bits per heavy atom. The number of nitrogens with two attached hydrogens (primary N) is 1. The van der Waals surface area contributed by atoms with Crippen molar-refractivity contribution in [2.24, 2.45) is 11.7 Å². The van der Waals surface area contributed by atoms with Gasteiger partial charge in [-0.15, -0.1) is 0 Å². The van der Waals surface area contributed by atoms with Gasteiger partial charge in [-0.3, -0.25) is 4.79 Å². The number of hydrogen-bond donors (Lipinski definition) is 1. The van der Waals surface area contributed by atoms with E-state index in [-0.39, 0.29) is 23.7 Å². The summed E-state index contributed by atoms with van der Waals surface area (Å²) in [6, 6.07) is 5.61. The van der Waals surface area contributed by atoms with Crippen molar-refractivity contribution in [2.75, 3.05) is 20.2 Å². The number of carbonyl (C=O) groups excluding carboxylic acids is 1. The molecular weight excluding hydrogens is 247 g/mol. The Kier molecular flexibility index (Phi) is 5.76. The van der Waals surface area contributed by atoms with Crippen LogP contribution in [0.3, 0.4) is 0 Å². The number of nitrogens with zero attached hydrogens (tertiary/aromatic N) is 1. The standard InChI is InChI=1S/C14H21FN2O2/c1-10(11(2)16)14(18)17(3)8-9-19-13-6-4-12(15)5-7-13/h4-7,10-11H,8-9,16H2,1-3H3. The Morgan fingerprint density at radius 2 is 1.95 bits per heavy atom. The summed E-state index contributed by atoms with van der Waals surface area (Å²) in [5.74, 6) is 0.0708. The minimum absolute atomic E-state index is 0.00212. The normalized spacial score (nSPS) is 13.7. The highest BCUT2D eigenvalue weighted by atomic mass is 19.1. The van der Waals surface area contributed by atoms with Crippen molar-refractivity contribution in [3.8, 4) is 5.75 Å². The zero-order valence-corrected chi connectivity index (χ0v) is 11.6. The molecule has 0 aromatic heterocycles. The maximum absolute atomic E-state index is 12.7. The van der Waals surface area contributed by atoms with Gasteiger partial charge in [0.25, 0.3) is 0 Å². The van der Waals surface area contributed by atoms with E-state index in [0.29, 0.717) is 18.9 Å². The molecule has 1 aromatic carbocycles. The first-order valence-corrected chi connectivity index (χ1v) is 6.30. The van der Waals surface area contributed by atoms with E-state index in [4.69, 9.17) is 10.5 Å². The van der Waals surface area contributed by atoms with Crippen LogP contribution in [-0.2, 0) is 4.79 Å². The summed E-state index contributed by atoms with van der Waals surface area (Å²) in [5.41, 5.74) is 5.69. The summed E-state index contributed by atoms with van der Waals surface area (Å²) in [7, 11) is 1.72. The van der Waals surface area contributed by atoms with Crippen LogP contribution in [0.4, 0.5) is 4.39 Å². The van der Waals surface area contributed by atoms with Crippen LogP contribution < -0.4 is 10.5 Å². The van der Waals surface area contributed by atoms with Gasteiger partial charge in [0.2, 0.25) is 5.91 Å². The minimum Gasteiger partial charge on any atom is -0.492 e. The molecule has 2 N–H and O–H groups in total. The maximum Gasteiger partial charge on any atom is 0.226 e. The van der Waals surface area contributed by atoms with Gasteiger partial charge >= 0.3 is 0 Å². The largest absolute Gasteiger partial charge is 0.492 e. The van der Waals surface area contributed by atoms with Crippen LogP contribution in [0.5, 0.6) is 5.75 Å². The van der Waals surface area contributed by atoms with Gasteiger partial charge in [0.1, 0.15) is 18.2 Å². The van der Waals surface area contributed by atoms with Crippen molar-refractivity contribution in [3.63, 3.8) is 0 Å². The predicted octanol–water partition coefficient (Wildman–Crippen LogP) is 1.65. The van der Waals surface area contributed by atoms with E-state index in [1.165, 1.54) is 12.1 Å². The lowest BCUT2D eigenvalue weighted by Crippen LogP contribution is -2.41. The van der Waals surface area contributed by atoms with Crippen molar-refractivity contribution in [1.82, 2.24) is 4.90 Å². The van der Waals surface area contributed by atoms with Gasteiger partial charge in [-0.1, -0.05) is 6.92 Å². The molecule has 0 saturated carbocycles. The monoisotopic (exact) mass is 268 g/mol. The number of carbonyl (C=O) groups is 1. The Balaban J connectivity index is 2.36. The molecule has 1 aromatic rings. The average molecular weight is 268 g/mol. The lowest BCUT2D eigenvalue weighted by Gasteiger charge is -2.23. The number of amides is 1. The molecule has 1 amide bonds. The number of halogens is 1. The van der Waals surface area contributed by atoms with Gasteiger partial charge in [0.05, 0.1) is 12.5 Å². The van der Waals surface area contributed by atoms with Crippen molar-refractivity contribution < 1.29 is 13.9 Å². The van der Waals surface area contributed by atoms with Crippen LogP contribution in [0.2, 0.25) is 0 Å². The number of ether oxygens (including phenoxy) is 1. The fourth-order valence-corrected chi connectivity index (χ4v) is 1.51. The molecule has 2 atom stereocenters. The molecule has 1 rings (SSSR count). The summed E-state index contributed by atoms with van der Waals surface area (Å²) >= 11 is 0. The third-order valence-corrected chi connectivity index (χ3v) is 3.06. The SMILES string of the molecule is CC(N)C(C)C(=O)N(C)CCOc1ccc(F)cc1. The summed E-state index contributed by atoms with van der Waals surface area (Å²) in [5, 5.41) is 0. The molecule has 0 fully saturated rings. The molecule has 0 heterocycles. The Hall–Kier alpha value is -1.62. The third kappa shape index (κ3) is 4.87. The molecule has 5 heteroatoms. The van der Waals surface area contributed by atoms with E-state index in [1.807, 2.05) is 13.8 Å². The summed E-state index contributed by atoms with van der Waals surface area (Å²) in [6.45, 7) is 4.45. The fraction of sp³-hybridized carbons (Fsp3) is 0.500. The first kappa shape index (κ1) is 15.4. The first-order valence-electron chi connectivity index (χ1n) is 6.30. The van der Waals surface area contributed by atoms with E-state index in [0.717, 1.165) is 0 Å². The molecular formula is C14H21FN2O2. The van der Waals surface area contributed by atoms with E-state index in [2.05, 4.69) is 0 Å². The van der Waals surface area contributed by atoms with Crippen LogP contribution in [0, 0.1) is 11.7 Å². The molecule has 19 heavy (non-hydrogen) atoms. The molecule has 0 bridgehead atoms. The van der Waals surface area contributed by atoms with Crippen LogP contribution >= 0.6 is 0 Å². The van der Waals surface area contributed by atoms with E-state index < -0.39 is 0 Å². The number of likely N-dealkylation sites (N-methyl/N-ethyl adjacent to an activating group) is 1. The lowest BCUT2D eigenvalue weighted by molar-refractivity contribution is -0.134. The van der Waals surface area contributed by atoms with Gasteiger partial charge in [-0.2, -0.15) is 0 Å². The van der Waals surface area contributed by atoms with Gasteiger partial charge < -0.3 is 15.4 Å². The second-order valence-electron chi connectivity index (χ2n) is 4.71. The summed E-state index contributed by atoms with van der Waals surface area (Å²) in [4.78, 5) is 13.5. The van der Waals surface area contributed by atoms with Gasteiger partial charge in [0.15, 0.2) is 0 Å². The van der Waals surface area contributed by atoms with E-state index in [9.17, 15) is 9.18 Å². The highest BCUT2D eigenvalue weighted by molar-refractivity contribution is 5.78. The Labute approximate surface area is 113 Å². The molecule has 0 spiro atoms. The van der Waals surface area contributed by atoms with Gasteiger partial charge in [-0.25, -0.2) is 4.39 Å². The Morgan fingerprint density at radius 1 is 1.37 bits per heavy atom. The van der Waals surface area contributed by atoms with Gasteiger partial charge in [0, 0.05) is 13.1 Å². The molecule has 0 aliphatic carbocycles. The lowest BCUT2D eigenvalue weighted by atomic mass is 10.0. The molecule has 2 unspecified atom stereocenters. The number of rotatable bonds is 6. The predicted molar refractivity (Wildman–Crippen MR) is 72.3 cm³/mol. The molecule has 0 aliphatic heterocycles. The van der Waals surface area contributed by atoms with E-state index in [1.54, 1.807) is 24.1 Å². The zero-order valence-electron chi connectivity index (χ0n) is 11.6. The first-order chi connectivity index (χ1) is 8.91. The quantitative estimate of drug-likeness (QED) is 0.853. The zero-order chi connectivity index (χ0) is 14.4. The average Bonchev–Trinajstić information content (AvgIpc) is 2.39. The molecule has 0 radical (unpaired) electrons. The number of hydrogen-bond acceptors (Lipinski definition) is 3.